The second-order valence-electron chi connectivity index (χ2n) is 5.81. The normalized spacial score (nSPS) is 11.5. The molecule has 1 aromatic carbocycles. The predicted molar refractivity (Wildman–Crippen MR) is 88.7 cm³/mol. The quantitative estimate of drug-likeness (QED) is 0.715. The fraction of sp³-hybridized carbons (Fsp3) is 0.500. The molecular formula is C16H23NO6S. The number of hydrogen-bond acceptors (Lipinski definition) is 5. The van der Waals surface area contributed by atoms with E-state index in [1.165, 1.54) is 36.3 Å². The van der Waals surface area contributed by atoms with Crippen LogP contribution in [0.25, 0.3) is 0 Å². The van der Waals surface area contributed by atoms with Gasteiger partial charge >= 0.3 is 5.97 Å². The van der Waals surface area contributed by atoms with Crippen LogP contribution in [-0.2, 0) is 19.4 Å². The van der Waals surface area contributed by atoms with Crippen LogP contribution in [0.3, 0.4) is 0 Å². The predicted octanol–water partition coefficient (Wildman–Crippen LogP) is 1.29. The Bertz CT molecular complexity index is 666. The van der Waals surface area contributed by atoms with Crippen LogP contribution in [0.4, 0.5) is 0 Å². The molecule has 0 fully saturated rings. The number of aliphatic carboxylic acids is 1. The molecule has 0 aliphatic carbocycles. The molecule has 0 spiro atoms. The number of carbonyl (C=O) groups is 2. The Morgan fingerprint density at radius 1 is 1.21 bits per heavy atom. The molecule has 0 unspecified atom stereocenters. The first kappa shape index (κ1) is 20.1. The van der Waals surface area contributed by atoms with Gasteiger partial charge in [-0.25, -0.2) is 8.42 Å². The summed E-state index contributed by atoms with van der Waals surface area (Å²) in [6.07, 6.45) is 0. The van der Waals surface area contributed by atoms with E-state index in [4.69, 9.17) is 9.84 Å². The van der Waals surface area contributed by atoms with E-state index in [-0.39, 0.29) is 28.7 Å². The smallest absolute Gasteiger partial charge is 0.323 e. The van der Waals surface area contributed by atoms with E-state index in [1.54, 1.807) is 0 Å². The molecule has 7 nitrogen and oxygen atoms in total. The molecule has 0 atom stereocenters. The third-order valence-corrected chi connectivity index (χ3v) is 4.91. The highest BCUT2D eigenvalue weighted by Gasteiger charge is 2.21. The van der Waals surface area contributed by atoms with Crippen molar-refractivity contribution in [2.24, 2.45) is 5.92 Å². The second kappa shape index (κ2) is 8.79. The van der Waals surface area contributed by atoms with Crippen molar-refractivity contribution in [3.63, 3.8) is 0 Å². The largest absolute Gasteiger partial charge is 0.480 e. The lowest BCUT2D eigenvalue weighted by Crippen LogP contribution is -2.38. The summed E-state index contributed by atoms with van der Waals surface area (Å²) in [6, 6.07) is 5.51. The number of carbonyl (C=O) groups excluding carboxylic acids is 1. The van der Waals surface area contributed by atoms with Gasteiger partial charge in [0.2, 0.25) is 0 Å². The van der Waals surface area contributed by atoms with Crippen LogP contribution in [0.15, 0.2) is 29.2 Å². The van der Waals surface area contributed by atoms with Crippen molar-refractivity contribution in [1.29, 1.82) is 0 Å². The fourth-order valence-electron chi connectivity index (χ4n) is 2.12. The number of benzene rings is 1. The minimum absolute atomic E-state index is 0.0871. The van der Waals surface area contributed by atoms with Gasteiger partial charge in [-0.15, -0.1) is 0 Å². The van der Waals surface area contributed by atoms with Crippen LogP contribution >= 0.6 is 0 Å². The highest BCUT2D eigenvalue weighted by atomic mass is 32.2. The lowest BCUT2D eigenvalue weighted by molar-refractivity contribution is -0.137. The summed E-state index contributed by atoms with van der Waals surface area (Å²) in [5.41, 5.74) is 0.252. The average molecular weight is 357 g/mol. The zero-order chi connectivity index (χ0) is 18.3. The van der Waals surface area contributed by atoms with Crippen molar-refractivity contribution >= 4 is 21.7 Å². The van der Waals surface area contributed by atoms with Crippen molar-refractivity contribution in [2.75, 3.05) is 32.6 Å². The van der Waals surface area contributed by atoms with E-state index < -0.39 is 28.3 Å². The van der Waals surface area contributed by atoms with Crippen LogP contribution in [0.2, 0.25) is 0 Å². The average Bonchev–Trinajstić information content (AvgIpc) is 2.51. The van der Waals surface area contributed by atoms with Gasteiger partial charge in [-0.05, 0) is 30.2 Å². The minimum atomic E-state index is -3.47. The molecule has 1 amide bonds. The lowest BCUT2D eigenvalue weighted by Gasteiger charge is -2.22. The van der Waals surface area contributed by atoms with Gasteiger partial charge in [-0.1, -0.05) is 13.8 Å². The number of hydrogen-bond donors (Lipinski definition) is 1. The van der Waals surface area contributed by atoms with Crippen LogP contribution < -0.4 is 0 Å². The molecule has 24 heavy (non-hydrogen) atoms. The summed E-state index contributed by atoms with van der Waals surface area (Å²) in [5, 5.41) is 8.94. The molecule has 0 saturated heterocycles. The Morgan fingerprint density at radius 2 is 1.79 bits per heavy atom. The van der Waals surface area contributed by atoms with Crippen LogP contribution in [0.5, 0.6) is 0 Å². The van der Waals surface area contributed by atoms with Crippen LogP contribution in [-0.4, -0.2) is 62.9 Å². The summed E-state index contributed by atoms with van der Waals surface area (Å²) >= 11 is 0. The maximum Gasteiger partial charge on any atom is 0.323 e. The Hall–Kier alpha value is -1.93. The number of carboxylic acid groups (broad SMARTS) is 1. The molecule has 0 aliphatic heterocycles. The van der Waals surface area contributed by atoms with E-state index in [0.29, 0.717) is 6.54 Å². The van der Waals surface area contributed by atoms with Gasteiger partial charge in [0.05, 0.1) is 17.3 Å². The monoisotopic (exact) mass is 357 g/mol. The number of methoxy groups -OCH3 is 1. The Kier molecular flexibility index (Phi) is 7.37. The van der Waals surface area contributed by atoms with Crippen molar-refractivity contribution < 1.29 is 27.9 Å². The number of rotatable bonds is 9. The second-order valence-corrected chi connectivity index (χ2v) is 7.92. The molecule has 0 aromatic heterocycles. The molecule has 8 heteroatoms. The summed E-state index contributed by atoms with van der Waals surface area (Å²) in [5.74, 6) is -1.56. The summed E-state index contributed by atoms with van der Waals surface area (Å²) in [7, 11) is -2.05. The minimum Gasteiger partial charge on any atom is -0.480 e. The number of ether oxygens (including phenoxy) is 1. The van der Waals surface area contributed by atoms with E-state index in [2.05, 4.69) is 0 Å². The zero-order valence-corrected chi connectivity index (χ0v) is 14.9. The molecule has 0 aliphatic rings. The van der Waals surface area contributed by atoms with Crippen molar-refractivity contribution in [3.05, 3.63) is 29.8 Å². The first-order valence-corrected chi connectivity index (χ1v) is 9.15. The van der Waals surface area contributed by atoms with Crippen molar-refractivity contribution in [2.45, 2.75) is 18.7 Å². The number of sulfone groups is 1. The molecule has 1 aromatic rings. The van der Waals surface area contributed by atoms with Gasteiger partial charge < -0.3 is 14.7 Å². The Balaban J connectivity index is 2.97. The fourth-order valence-corrected chi connectivity index (χ4v) is 3.29. The maximum absolute atomic E-state index is 12.4. The summed E-state index contributed by atoms with van der Waals surface area (Å²) < 4.78 is 28.9. The maximum atomic E-state index is 12.4. The van der Waals surface area contributed by atoms with Gasteiger partial charge in [0.1, 0.15) is 6.54 Å². The van der Waals surface area contributed by atoms with Gasteiger partial charge in [0, 0.05) is 19.2 Å². The van der Waals surface area contributed by atoms with E-state index in [0.717, 1.165) is 0 Å². The Morgan fingerprint density at radius 3 is 2.25 bits per heavy atom. The molecule has 0 radical (unpaired) electrons. The molecule has 0 heterocycles. The molecular weight excluding hydrogens is 334 g/mol. The van der Waals surface area contributed by atoms with E-state index >= 15 is 0 Å². The molecule has 0 bridgehead atoms. The first-order valence-electron chi connectivity index (χ1n) is 7.50. The third-order valence-electron chi connectivity index (χ3n) is 3.22. The molecule has 1 N–H and O–H groups in total. The van der Waals surface area contributed by atoms with Crippen LogP contribution in [0, 0.1) is 5.92 Å². The third kappa shape index (κ3) is 5.93. The van der Waals surface area contributed by atoms with Crippen molar-refractivity contribution in [1.82, 2.24) is 4.90 Å². The van der Waals surface area contributed by atoms with E-state index in [9.17, 15) is 18.0 Å². The molecule has 1 rings (SSSR count). The molecule has 134 valence electrons. The number of nitrogens with zero attached hydrogens (tertiary/aromatic N) is 1. The number of carboxylic acids is 1. The van der Waals surface area contributed by atoms with Gasteiger partial charge in [-0.3, -0.25) is 9.59 Å². The Labute approximate surface area is 142 Å². The van der Waals surface area contributed by atoms with Gasteiger partial charge in [0.15, 0.2) is 9.84 Å². The highest BCUT2D eigenvalue weighted by Crippen LogP contribution is 2.14. The zero-order valence-electron chi connectivity index (χ0n) is 14.1. The van der Waals surface area contributed by atoms with Crippen molar-refractivity contribution in [3.8, 4) is 0 Å². The van der Waals surface area contributed by atoms with Gasteiger partial charge in [0.25, 0.3) is 5.91 Å². The standard InChI is InChI=1S/C16H23NO6S/c1-12(2)10-17(11-15(18)19)16(20)13-4-6-14(7-5-13)24(21,22)9-8-23-3/h4-7,12H,8-11H2,1-3H3,(H,18,19). The van der Waals surface area contributed by atoms with Crippen LogP contribution in [0.1, 0.15) is 24.2 Å². The first-order chi connectivity index (χ1) is 11.2. The number of amides is 1. The summed E-state index contributed by atoms with van der Waals surface area (Å²) in [4.78, 5) is 24.7. The highest BCUT2D eigenvalue weighted by molar-refractivity contribution is 7.91. The topological polar surface area (TPSA) is 101 Å². The summed E-state index contributed by atoms with van der Waals surface area (Å²) in [6.45, 7) is 3.76. The lowest BCUT2D eigenvalue weighted by atomic mass is 10.1. The van der Waals surface area contributed by atoms with Gasteiger partial charge in [-0.2, -0.15) is 0 Å². The molecule has 0 saturated carbocycles. The van der Waals surface area contributed by atoms with E-state index in [1.807, 2.05) is 13.8 Å². The SMILES string of the molecule is COCCS(=O)(=O)c1ccc(C(=O)N(CC(=O)O)CC(C)C)cc1.